The highest BCUT2D eigenvalue weighted by Crippen LogP contribution is 2.31. The average molecular weight is 409 g/mol. The van der Waals surface area contributed by atoms with E-state index >= 15 is 0 Å². The van der Waals surface area contributed by atoms with E-state index in [9.17, 15) is 4.79 Å². The van der Waals surface area contributed by atoms with Crippen LogP contribution in [0.25, 0.3) is 22.6 Å². The summed E-state index contributed by atoms with van der Waals surface area (Å²) in [6.07, 6.45) is 0. The molecule has 0 aliphatic carbocycles. The van der Waals surface area contributed by atoms with Crippen LogP contribution in [0.4, 0.5) is 0 Å². The lowest BCUT2D eigenvalue weighted by atomic mass is 10.1. The van der Waals surface area contributed by atoms with Gasteiger partial charge in [0.2, 0.25) is 0 Å². The van der Waals surface area contributed by atoms with Crippen LogP contribution in [0.5, 0.6) is 0 Å². The van der Waals surface area contributed by atoms with Crippen LogP contribution in [0.2, 0.25) is 0 Å². The number of aromatic nitrogens is 2. The Hall–Kier alpha value is -3.92. The van der Waals surface area contributed by atoms with Crippen LogP contribution >= 0.6 is 0 Å². The van der Waals surface area contributed by atoms with Crippen LogP contribution in [-0.2, 0) is 22.7 Å². The van der Waals surface area contributed by atoms with Crippen molar-refractivity contribution in [1.29, 1.82) is 0 Å². The Balaban J connectivity index is 1.88. The van der Waals surface area contributed by atoms with Crippen LogP contribution in [-0.4, -0.2) is 15.5 Å². The minimum absolute atomic E-state index is 0.114. The van der Waals surface area contributed by atoms with E-state index in [1.807, 2.05) is 78.9 Å². The molecule has 0 aliphatic heterocycles. The summed E-state index contributed by atoms with van der Waals surface area (Å²) in [6.45, 7) is 6.07. The van der Waals surface area contributed by atoms with Crippen LogP contribution in [0.15, 0.2) is 103 Å². The van der Waals surface area contributed by atoms with Gasteiger partial charge in [0.25, 0.3) is 0 Å². The third kappa shape index (κ3) is 4.64. The van der Waals surface area contributed by atoms with Crippen LogP contribution in [0.1, 0.15) is 18.2 Å². The van der Waals surface area contributed by atoms with Gasteiger partial charge in [-0.2, -0.15) is 0 Å². The van der Waals surface area contributed by atoms with E-state index in [0.29, 0.717) is 12.1 Å². The summed E-state index contributed by atoms with van der Waals surface area (Å²) in [4.78, 5) is 17.2. The first-order valence-electron chi connectivity index (χ1n) is 10.2. The molecular formula is C27H24N2O2. The quantitative estimate of drug-likeness (QED) is 0.283. The SMILES string of the molecule is C=C(C)C(=O)OCc1c(-c2ccccc2)nc(-c2ccccc2)n1Cc1ccccc1. The van der Waals surface area contributed by atoms with Gasteiger partial charge in [-0.3, -0.25) is 0 Å². The van der Waals surface area contributed by atoms with Gasteiger partial charge < -0.3 is 9.30 Å². The number of hydrogen-bond acceptors (Lipinski definition) is 3. The Bertz CT molecular complexity index is 1180. The van der Waals surface area contributed by atoms with E-state index in [1.54, 1.807) is 6.92 Å². The van der Waals surface area contributed by atoms with Crippen LogP contribution in [0.3, 0.4) is 0 Å². The number of rotatable bonds is 7. The fourth-order valence-electron chi connectivity index (χ4n) is 3.46. The molecule has 3 aromatic carbocycles. The Morgan fingerprint density at radius 1 is 0.871 bits per heavy atom. The van der Waals surface area contributed by atoms with E-state index in [1.165, 1.54) is 0 Å². The number of benzene rings is 3. The first-order valence-corrected chi connectivity index (χ1v) is 10.2. The monoisotopic (exact) mass is 408 g/mol. The Morgan fingerprint density at radius 3 is 2.00 bits per heavy atom. The molecule has 31 heavy (non-hydrogen) atoms. The molecule has 0 bridgehead atoms. The zero-order valence-corrected chi connectivity index (χ0v) is 17.5. The van der Waals surface area contributed by atoms with Gasteiger partial charge in [-0.15, -0.1) is 0 Å². The second-order valence-corrected chi connectivity index (χ2v) is 7.39. The van der Waals surface area contributed by atoms with Crippen LogP contribution in [0, 0.1) is 0 Å². The van der Waals surface area contributed by atoms with Gasteiger partial charge in [0.05, 0.1) is 11.4 Å². The second kappa shape index (κ2) is 9.26. The van der Waals surface area contributed by atoms with Gasteiger partial charge in [-0.05, 0) is 12.5 Å². The van der Waals surface area contributed by atoms with E-state index in [-0.39, 0.29) is 6.61 Å². The number of ether oxygens (including phenoxy) is 1. The molecule has 0 amide bonds. The number of nitrogens with zero attached hydrogens (tertiary/aromatic N) is 2. The zero-order valence-electron chi connectivity index (χ0n) is 17.5. The molecule has 0 aliphatic rings. The summed E-state index contributed by atoms with van der Waals surface area (Å²) in [5.41, 5.74) is 5.16. The summed E-state index contributed by atoms with van der Waals surface area (Å²) in [5, 5.41) is 0. The Kier molecular flexibility index (Phi) is 6.08. The summed E-state index contributed by atoms with van der Waals surface area (Å²) in [5.74, 6) is 0.428. The van der Waals surface area contributed by atoms with Crippen LogP contribution < -0.4 is 0 Å². The summed E-state index contributed by atoms with van der Waals surface area (Å²) >= 11 is 0. The van der Waals surface area contributed by atoms with Gasteiger partial charge in [-0.1, -0.05) is 97.6 Å². The normalized spacial score (nSPS) is 10.6. The molecule has 0 saturated heterocycles. The summed E-state index contributed by atoms with van der Waals surface area (Å²) in [6, 6.07) is 30.3. The predicted molar refractivity (Wildman–Crippen MR) is 123 cm³/mol. The molecule has 154 valence electrons. The van der Waals surface area contributed by atoms with Crippen molar-refractivity contribution in [3.05, 3.63) is 114 Å². The number of carbonyl (C=O) groups excluding carboxylic acids is 1. The molecule has 0 atom stereocenters. The van der Waals surface area contributed by atoms with Crippen molar-refractivity contribution in [2.45, 2.75) is 20.1 Å². The number of hydrogen-bond donors (Lipinski definition) is 0. The molecule has 4 nitrogen and oxygen atoms in total. The highest BCUT2D eigenvalue weighted by atomic mass is 16.5. The molecule has 4 aromatic rings. The summed E-state index contributed by atoms with van der Waals surface area (Å²) in [7, 11) is 0. The lowest BCUT2D eigenvalue weighted by Crippen LogP contribution is -2.11. The molecule has 0 unspecified atom stereocenters. The fourth-order valence-corrected chi connectivity index (χ4v) is 3.46. The van der Waals surface area contributed by atoms with E-state index < -0.39 is 5.97 Å². The molecule has 0 spiro atoms. The number of esters is 1. The minimum Gasteiger partial charge on any atom is -0.456 e. The molecular weight excluding hydrogens is 384 g/mol. The largest absolute Gasteiger partial charge is 0.456 e. The van der Waals surface area contributed by atoms with Crippen molar-refractivity contribution in [2.24, 2.45) is 0 Å². The number of imidazole rings is 1. The first-order chi connectivity index (χ1) is 15.1. The third-order valence-electron chi connectivity index (χ3n) is 5.02. The molecule has 0 radical (unpaired) electrons. The van der Waals surface area contributed by atoms with Crippen molar-refractivity contribution < 1.29 is 9.53 Å². The summed E-state index contributed by atoms with van der Waals surface area (Å²) < 4.78 is 7.72. The highest BCUT2D eigenvalue weighted by Gasteiger charge is 2.21. The van der Waals surface area contributed by atoms with Gasteiger partial charge in [0, 0.05) is 23.2 Å². The highest BCUT2D eigenvalue weighted by molar-refractivity contribution is 5.87. The van der Waals surface area contributed by atoms with Crippen molar-refractivity contribution in [2.75, 3.05) is 0 Å². The van der Waals surface area contributed by atoms with E-state index in [0.717, 1.165) is 33.9 Å². The maximum atomic E-state index is 12.2. The molecule has 0 saturated carbocycles. The van der Waals surface area contributed by atoms with E-state index in [4.69, 9.17) is 9.72 Å². The third-order valence-corrected chi connectivity index (χ3v) is 5.02. The van der Waals surface area contributed by atoms with Gasteiger partial charge >= 0.3 is 5.97 Å². The molecule has 0 N–H and O–H groups in total. The number of carbonyl (C=O) groups is 1. The lowest BCUT2D eigenvalue weighted by Gasteiger charge is -2.14. The van der Waals surface area contributed by atoms with Crippen molar-refractivity contribution in [1.82, 2.24) is 9.55 Å². The first kappa shape index (κ1) is 20.4. The van der Waals surface area contributed by atoms with Gasteiger partial charge in [0.15, 0.2) is 0 Å². The zero-order chi connectivity index (χ0) is 21.6. The lowest BCUT2D eigenvalue weighted by molar-refractivity contribution is -0.140. The smallest absolute Gasteiger partial charge is 0.333 e. The predicted octanol–water partition coefficient (Wildman–Crippen LogP) is 5.88. The maximum absolute atomic E-state index is 12.2. The second-order valence-electron chi connectivity index (χ2n) is 7.39. The molecule has 1 aromatic heterocycles. The average Bonchev–Trinajstić information content (AvgIpc) is 3.17. The Morgan fingerprint density at radius 2 is 1.42 bits per heavy atom. The molecule has 0 fully saturated rings. The molecule has 4 heteroatoms. The van der Waals surface area contributed by atoms with Crippen molar-refractivity contribution in [3.63, 3.8) is 0 Å². The minimum atomic E-state index is -0.410. The van der Waals surface area contributed by atoms with Gasteiger partial charge in [-0.25, -0.2) is 9.78 Å². The Labute approximate surface area is 182 Å². The van der Waals surface area contributed by atoms with Crippen molar-refractivity contribution >= 4 is 5.97 Å². The topological polar surface area (TPSA) is 44.1 Å². The maximum Gasteiger partial charge on any atom is 0.333 e. The molecule has 1 heterocycles. The van der Waals surface area contributed by atoms with E-state index in [2.05, 4.69) is 23.3 Å². The molecule has 4 rings (SSSR count). The van der Waals surface area contributed by atoms with Gasteiger partial charge in [0.1, 0.15) is 12.4 Å². The fraction of sp³-hybridized carbons (Fsp3) is 0.111. The van der Waals surface area contributed by atoms with Crippen molar-refractivity contribution in [3.8, 4) is 22.6 Å². The standard InChI is InChI=1S/C27H24N2O2/c1-20(2)27(30)31-19-24-25(22-14-8-4-9-15-22)28-26(23-16-10-5-11-17-23)29(24)18-21-12-6-3-7-13-21/h3-17H,1,18-19H2,2H3.